The maximum Gasteiger partial charge on any atom is 0.424 e. The van der Waals surface area contributed by atoms with Crippen LogP contribution in [-0.2, 0) is 12.6 Å². The predicted molar refractivity (Wildman–Crippen MR) is 89.1 cm³/mol. The molecule has 1 aromatic rings. The highest BCUT2D eigenvalue weighted by Crippen LogP contribution is 2.40. The van der Waals surface area contributed by atoms with E-state index in [-0.39, 0.29) is 6.54 Å². The van der Waals surface area contributed by atoms with Crippen LogP contribution in [0.5, 0.6) is 0 Å². The van der Waals surface area contributed by atoms with E-state index >= 15 is 0 Å². The van der Waals surface area contributed by atoms with Crippen LogP contribution in [0.15, 0.2) is 17.4 Å². The van der Waals surface area contributed by atoms with Crippen molar-refractivity contribution in [3.05, 3.63) is 18.2 Å². The van der Waals surface area contributed by atoms with Gasteiger partial charge in [-0.25, -0.2) is 4.98 Å². The molecule has 2 N–H and O–H groups in total. The number of nitrogens with zero attached hydrogens (tertiary/aromatic N) is 4. The fraction of sp³-hybridized carbons (Fsp3) is 0.750. The smallest absolute Gasteiger partial charge is 0.374 e. The van der Waals surface area contributed by atoms with Gasteiger partial charge in [0.25, 0.3) is 0 Å². The summed E-state index contributed by atoms with van der Waals surface area (Å²) in [5, 5.41) is 13.3. The number of aliphatic imine (C=N–C) groups is 1. The molecule has 2 heterocycles. The minimum atomic E-state index is -4.82. The highest BCUT2D eigenvalue weighted by molar-refractivity contribution is 5.79. The van der Waals surface area contributed by atoms with Crippen molar-refractivity contribution in [3.63, 3.8) is 0 Å². The Hall–Kier alpha value is -1.77. The van der Waals surface area contributed by atoms with Crippen molar-refractivity contribution in [2.45, 2.75) is 38.0 Å². The first-order valence-corrected chi connectivity index (χ1v) is 8.41. The molecule has 0 radical (unpaired) electrons. The Morgan fingerprint density at radius 3 is 2.72 bits per heavy atom. The van der Waals surface area contributed by atoms with Crippen molar-refractivity contribution < 1.29 is 18.3 Å². The SMILES string of the molecule is CN=C(NCCC(O)(c1nccn1C)C(F)(F)F)N1CCCC(C)C1. The summed E-state index contributed by atoms with van der Waals surface area (Å²) in [6.07, 6.45) is -0.579. The van der Waals surface area contributed by atoms with Crippen LogP contribution in [0.1, 0.15) is 32.0 Å². The summed E-state index contributed by atoms with van der Waals surface area (Å²) in [5.74, 6) is 0.672. The van der Waals surface area contributed by atoms with E-state index in [1.54, 1.807) is 7.05 Å². The summed E-state index contributed by atoms with van der Waals surface area (Å²) in [4.78, 5) is 9.90. The fourth-order valence-electron chi connectivity index (χ4n) is 3.21. The Labute approximate surface area is 145 Å². The molecule has 1 aliphatic heterocycles. The minimum Gasteiger partial charge on any atom is -0.374 e. The molecule has 1 aliphatic rings. The number of aromatic nitrogens is 2. The second kappa shape index (κ2) is 7.63. The number of nitrogens with one attached hydrogen (secondary N) is 1. The lowest BCUT2D eigenvalue weighted by Gasteiger charge is -2.34. The minimum absolute atomic E-state index is 0.0690. The van der Waals surface area contributed by atoms with E-state index < -0.39 is 24.0 Å². The molecule has 1 aromatic heterocycles. The van der Waals surface area contributed by atoms with E-state index in [4.69, 9.17) is 0 Å². The topological polar surface area (TPSA) is 65.7 Å². The van der Waals surface area contributed by atoms with Crippen molar-refractivity contribution in [2.24, 2.45) is 18.0 Å². The third-order valence-corrected chi connectivity index (χ3v) is 4.60. The molecule has 0 saturated carbocycles. The van der Waals surface area contributed by atoms with E-state index in [1.165, 1.54) is 24.0 Å². The van der Waals surface area contributed by atoms with Gasteiger partial charge in [-0.2, -0.15) is 13.2 Å². The molecule has 1 saturated heterocycles. The standard InChI is InChI=1S/C16H26F3N5O/c1-12-5-4-9-24(11-12)14(20-2)22-7-6-15(25,16(17,18)19)13-21-8-10-23(13)3/h8,10,12,25H,4-7,9,11H2,1-3H3,(H,20,22). The van der Waals surface area contributed by atoms with Crippen LogP contribution in [0.25, 0.3) is 0 Å². The Bertz CT molecular complexity index is 601. The number of aryl methyl sites for hydroxylation is 1. The first-order valence-electron chi connectivity index (χ1n) is 8.41. The van der Waals surface area contributed by atoms with Gasteiger partial charge in [0, 0.05) is 52.5 Å². The van der Waals surface area contributed by atoms with E-state index in [0.29, 0.717) is 11.9 Å². The van der Waals surface area contributed by atoms with E-state index in [1.807, 2.05) is 4.90 Å². The van der Waals surface area contributed by atoms with Crippen molar-refractivity contribution in [3.8, 4) is 0 Å². The zero-order valence-corrected chi connectivity index (χ0v) is 14.8. The summed E-state index contributed by atoms with van der Waals surface area (Å²) < 4.78 is 41.7. The highest BCUT2D eigenvalue weighted by Gasteiger charge is 2.57. The van der Waals surface area contributed by atoms with Gasteiger partial charge in [-0.1, -0.05) is 6.92 Å². The maximum atomic E-state index is 13.5. The zero-order chi connectivity index (χ0) is 18.7. The number of alkyl halides is 3. The van der Waals surface area contributed by atoms with Gasteiger partial charge in [0.05, 0.1) is 0 Å². The number of rotatable bonds is 4. The van der Waals surface area contributed by atoms with E-state index in [2.05, 4.69) is 22.2 Å². The maximum absolute atomic E-state index is 13.5. The molecule has 0 aliphatic carbocycles. The Morgan fingerprint density at radius 1 is 1.48 bits per heavy atom. The molecule has 0 bridgehead atoms. The first-order chi connectivity index (χ1) is 11.7. The summed E-state index contributed by atoms with van der Waals surface area (Å²) >= 11 is 0. The Morgan fingerprint density at radius 2 is 2.20 bits per heavy atom. The van der Waals surface area contributed by atoms with E-state index in [9.17, 15) is 18.3 Å². The molecule has 0 spiro atoms. The van der Waals surface area contributed by atoms with Crippen molar-refractivity contribution in [2.75, 3.05) is 26.7 Å². The average Bonchev–Trinajstić information content (AvgIpc) is 2.97. The molecule has 0 amide bonds. The van der Waals surface area contributed by atoms with Gasteiger partial charge in [-0.3, -0.25) is 4.99 Å². The molecule has 6 nitrogen and oxygen atoms in total. The molecular weight excluding hydrogens is 335 g/mol. The van der Waals surface area contributed by atoms with Gasteiger partial charge in [0.1, 0.15) is 5.82 Å². The zero-order valence-electron chi connectivity index (χ0n) is 14.8. The van der Waals surface area contributed by atoms with Crippen LogP contribution in [0.2, 0.25) is 0 Å². The molecule has 1 fully saturated rings. The van der Waals surface area contributed by atoms with Gasteiger partial charge in [-0.05, 0) is 18.8 Å². The first kappa shape index (κ1) is 19.6. The second-order valence-electron chi connectivity index (χ2n) is 6.64. The Kier molecular flexibility index (Phi) is 5.97. The number of piperidine rings is 1. The van der Waals surface area contributed by atoms with Crippen molar-refractivity contribution in [1.29, 1.82) is 0 Å². The van der Waals surface area contributed by atoms with Crippen molar-refractivity contribution in [1.82, 2.24) is 19.8 Å². The monoisotopic (exact) mass is 361 g/mol. The van der Waals surface area contributed by atoms with Crippen LogP contribution in [0, 0.1) is 5.92 Å². The summed E-state index contributed by atoms with van der Waals surface area (Å²) in [6.45, 7) is 3.72. The number of hydrogen-bond acceptors (Lipinski definition) is 3. The highest BCUT2D eigenvalue weighted by atomic mass is 19.4. The van der Waals surface area contributed by atoms with E-state index in [0.717, 1.165) is 25.9 Å². The van der Waals surface area contributed by atoms with Gasteiger partial charge in [-0.15, -0.1) is 0 Å². The third-order valence-electron chi connectivity index (χ3n) is 4.60. The molecular formula is C16H26F3N5O. The number of hydrogen-bond donors (Lipinski definition) is 2. The summed E-state index contributed by atoms with van der Waals surface area (Å²) in [6, 6.07) is 0. The molecule has 25 heavy (non-hydrogen) atoms. The second-order valence-corrected chi connectivity index (χ2v) is 6.64. The molecule has 142 valence electrons. The lowest BCUT2D eigenvalue weighted by atomic mass is 9.97. The van der Waals surface area contributed by atoms with Gasteiger partial charge in [0.15, 0.2) is 5.96 Å². The van der Waals surface area contributed by atoms with Crippen LogP contribution in [0.3, 0.4) is 0 Å². The lowest BCUT2D eigenvalue weighted by molar-refractivity contribution is -0.272. The molecule has 9 heteroatoms. The number of imidazole rings is 1. The van der Waals surface area contributed by atoms with Gasteiger partial charge >= 0.3 is 6.18 Å². The fourth-order valence-corrected chi connectivity index (χ4v) is 3.21. The van der Waals surface area contributed by atoms with Crippen LogP contribution in [-0.4, -0.2) is 58.4 Å². The number of halogens is 3. The number of aliphatic hydroxyl groups is 1. The Balaban J connectivity index is 2.05. The molecule has 2 rings (SSSR count). The quantitative estimate of drug-likeness (QED) is 0.635. The molecule has 0 aromatic carbocycles. The summed E-state index contributed by atoms with van der Waals surface area (Å²) in [5.41, 5.74) is -3.01. The third kappa shape index (κ3) is 4.26. The van der Waals surface area contributed by atoms with Crippen LogP contribution in [0.4, 0.5) is 13.2 Å². The van der Waals surface area contributed by atoms with Gasteiger partial charge < -0.3 is 19.9 Å². The van der Waals surface area contributed by atoms with Crippen molar-refractivity contribution >= 4 is 5.96 Å². The summed E-state index contributed by atoms with van der Waals surface area (Å²) in [7, 11) is 3.04. The average molecular weight is 361 g/mol. The number of guanidine groups is 1. The number of likely N-dealkylation sites (tertiary alicyclic amines) is 1. The normalized spacial score (nSPS) is 22.0. The predicted octanol–water partition coefficient (Wildman–Crippen LogP) is 1.87. The van der Waals surface area contributed by atoms with Gasteiger partial charge in [0.2, 0.25) is 5.60 Å². The molecule has 2 atom stereocenters. The molecule has 2 unspecified atom stereocenters. The van der Waals surface area contributed by atoms with Crippen LogP contribution < -0.4 is 5.32 Å². The largest absolute Gasteiger partial charge is 0.424 e. The van der Waals surface area contributed by atoms with Crippen LogP contribution >= 0.6 is 0 Å². The lowest BCUT2D eigenvalue weighted by Crippen LogP contribution is -2.50.